The molecule has 9 heteroatoms. The molecule has 2 N–H and O–H groups in total. The summed E-state index contributed by atoms with van der Waals surface area (Å²) in [5.74, 6) is -0.608. The molecule has 5 rings (SSSR count). The number of hydrogen-bond acceptors (Lipinski definition) is 6. The first-order chi connectivity index (χ1) is 19.0. The molecule has 1 atom stereocenters. The van der Waals surface area contributed by atoms with E-state index in [0.717, 1.165) is 26.4 Å². The summed E-state index contributed by atoms with van der Waals surface area (Å²) >= 11 is 2.73. The molecule has 0 bridgehead atoms. The molecule has 6 nitrogen and oxygen atoms in total. The number of ether oxygens (including phenoxy) is 1. The molecule has 1 aromatic heterocycles. The first kappa shape index (κ1) is 26.4. The van der Waals surface area contributed by atoms with Gasteiger partial charge in [-0.05, 0) is 61.0 Å². The summed E-state index contributed by atoms with van der Waals surface area (Å²) in [5, 5.41) is 5.62. The zero-order chi connectivity index (χ0) is 27.2. The maximum absolute atomic E-state index is 14.1. The van der Waals surface area contributed by atoms with Crippen LogP contribution in [-0.4, -0.2) is 23.4 Å². The van der Waals surface area contributed by atoms with Gasteiger partial charge in [-0.1, -0.05) is 59.9 Å². The quantitative estimate of drug-likeness (QED) is 0.183. The largest absolute Gasteiger partial charge is 0.494 e. The Kier molecular flexibility index (Phi) is 8.19. The van der Waals surface area contributed by atoms with Gasteiger partial charge < -0.3 is 15.4 Å². The van der Waals surface area contributed by atoms with Crippen molar-refractivity contribution in [3.63, 3.8) is 0 Å². The van der Waals surface area contributed by atoms with E-state index in [1.165, 1.54) is 41.3 Å². The van der Waals surface area contributed by atoms with Gasteiger partial charge in [0, 0.05) is 10.6 Å². The number of nitrogens with zero attached hydrogens (tertiary/aromatic N) is 1. The first-order valence-corrected chi connectivity index (χ1v) is 13.9. The lowest BCUT2D eigenvalue weighted by Crippen LogP contribution is -2.19. The van der Waals surface area contributed by atoms with Crippen LogP contribution in [0.2, 0.25) is 0 Å². The molecule has 196 valence electrons. The minimum atomic E-state index is -0.592. The zero-order valence-corrected chi connectivity index (χ0v) is 22.5. The van der Waals surface area contributed by atoms with Crippen molar-refractivity contribution in [1.29, 1.82) is 0 Å². The van der Waals surface area contributed by atoms with Gasteiger partial charge in [0.2, 0.25) is 5.91 Å². The second-order valence-electron chi connectivity index (χ2n) is 8.44. The van der Waals surface area contributed by atoms with E-state index in [4.69, 9.17) is 4.74 Å². The number of thiazole rings is 1. The number of hydrogen-bond donors (Lipinski definition) is 2. The van der Waals surface area contributed by atoms with Crippen molar-refractivity contribution in [2.45, 2.75) is 17.1 Å². The molecule has 0 aliphatic heterocycles. The summed E-state index contributed by atoms with van der Waals surface area (Å²) in [6.07, 6.45) is 0. The van der Waals surface area contributed by atoms with Crippen LogP contribution in [-0.2, 0) is 4.79 Å². The van der Waals surface area contributed by atoms with E-state index in [-0.39, 0.29) is 11.5 Å². The van der Waals surface area contributed by atoms with Crippen LogP contribution < -0.4 is 15.4 Å². The Morgan fingerprint density at radius 1 is 0.949 bits per heavy atom. The van der Waals surface area contributed by atoms with Gasteiger partial charge in [-0.2, -0.15) is 0 Å². The standard InChI is InChI=1S/C30H24FN3O3S2/c1-2-37-21-15-16-25-26(18-21)39-30(33-25)34-29(36)27(19-9-4-3-5-10-19)38-22-12-8-11-20(17-22)32-28(35)23-13-6-7-14-24(23)31/h3-18,27H,2H2,1H3,(H,32,35)(H,33,34,36). The fourth-order valence-corrected chi connectivity index (χ4v) is 5.89. The number of benzene rings is 4. The fourth-order valence-electron chi connectivity index (χ4n) is 3.91. The summed E-state index contributed by atoms with van der Waals surface area (Å²) in [4.78, 5) is 31.5. The maximum atomic E-state index is 14.1. The van der Waals surface area contributed by atoms with E-state index >= 15 is 0 Å². The van der Waals surface area contributed by atoms with Gasteiger partial charge in [0.15, 0.2) is 5.13 Å². The van der Waals surface area contributed by atoms with Crippen molar-refractivity contribution in [3.05, 3.63) is 114 Å². The van der Waals surface area contributed by atoms with Gasteiger partial charge >= 0.3 is 0 Å². The number of halogens is 1. The number of amides is 2. The van der Waals surface area contributed by atoms with Crippen LogP contribution in [0.3, 0.4) is 0 Å². The molecule has 0 radical (unpaired) electrons. The number of anilines is 2. The third-order valence-corrected chi connectivity index (χ3v) is 7.89. The number of thioether (sulfide) groups is 1. The Morgan fingerprint density at radius 3 is 2.54 bits per heavy atom. The van der Waals surface area contributed by atoms with Crippen LogP contribution in [0, 0.1) is 5.82 Å². The zero-order valence-electron chi connectivity index (χ0n) is 20.9. The van der Waals surface area contributed by atoms with Crippen molar-refractivity contribution >= 4 is 55.9 Å². The molecule has 0 fully saturated rings. The highest BCUT2D eigenvalue weighted by atomic mass is 32.2. The number of rotatable bonds is 9. The van der Waals surface area contributed by atoms with Gasteiger partial charge in [-0.15, -0.1) is 11.8 Å². The molecular weight excluding hydrogens is 533 g/mol. The second-order valence-corrected chi connectivity index (χ2v) is 10.7. The van der Waals surface area contributed by atoms with Gasteiger partial charge in [-0.3, -0.25) is 9.59 Å². The molecule has 0 aliphatic carbocycles. The van der Waals surface area contributed by atoms with Crippen molar-refractivity contribution in [2.24, 2.45) is 0 Å². The van der Waals surface area contributed by atoms with Crippen molar-refractivity contribution in [1.82, 2.24) is 4.98 Å². The Morgan fingerprint density at radius 2 is 1.74 bits per heavy atom. The van der Waals surface area contributed by atoms with Crippen LogP contribution in [0.15, 0.2) is 102 Å². The molecule has 39 heavy (non-hydrogen) atoms. The molecule has 5 aromatic rings. The Labute approximate surface area is 233 Å². The van der Waals surface area contributed by atoms with E-state index < -0.39 is 17.0 Å². The Hall–Kier alpha value is -4.21. The molecule has 0 spiro atoms. The predicted molar refractivity (Wildman–Crippen MR) is 155 cm³/mol. The summed E-state index contributed by atoms with van der Waals surface area (Å²) < 4.78 is 20.5. The monoisotopic (exact) mass is 557 g/mol. The van der Waals surface area contributed by atoms with Crippen molar-refractivity contribution in [2.75, 3.05) is 17.2 Å². The highest BCUT2D eigenvalue weighted by molar-refractivity contribution is 8.00. The number of fused-ring (bicyclic) bond motifs is 1. The van der Waals surface area contributed by atoms with E-state index in [0.29, 0.717) is 17.4 Å². The highest BCUT2D eigenvalue weighted by Gasteiger charge is 2.24. The average molecular weight is 558 g/mol. The van der Waals surface area contributed by atoms with Crippen LogP contribution in [0.25, 0.3) is 10.2 Å². The molecule has 0 saturated heterocycles. The molecule has 1 heterocycles. The normalized spacial score (nSPS) is 11.6. The van der Waals surface area contributed by atoms with Crippen LogP contribution in [0.1, 0.15) is 28.1 Å². The Balaban J connectivity index is 1.36. The topological polar surface area (TPSA) is 80.3 Å². The summed E-state index contributed by atoms with van der Waals surface area (Å²) in [5.41, 5.74) is 2.06. The summed E-state index contributed by atoms with van der Waals surface area (Å²) in [6, 6.07) is 28.0. The minimum Gasteiger partial charge on any atom is -0.494 e. The van der Waals surface area contributed by atoms with E-state index in [2.05, 4.69) is 15.6 Å². The van der Waals surface area contributed by atoms with Crippen LogP contribution in [0.4, 0.5) is 15.2 Å². The number of carbonyl (C=O) groups is 2. The third kappa shape index (κ3) is 6.45. The molecular formula is C30H24FN3O3S2. The molecule has 0 aliphatic rings. The highest BCUT2D eigenvalue weighted by Crippen LogP contribution is 2.38. The fraction of sp³-hybridized carbons (Fsp3) is 0.100. The Bertz CT molecular complexity index is 1620. The van der Waals surface area contributed by atoms with Crippen molar-refractivity contribution < 1.29 is 18.7 Å². The maximum Gasteiger partial charge on any atom is 0.258 e. The van der Waals surface area contributed by atoms with Gasteiger partial charge in [0.25, 0.3) is 5.91 Å². The van der Waals surface area contributed by atoms with Gasteiger partial charge in [0.1, 0.15) is 16.8 Å². The lowest BCUT2D eigenvalue weighted by Gasteiger charge is -2.17. The molecule has 1 unspecified atom stereocenters. The summed E-state index contributed by atoms with van der Waals surface area (Å²) in [6.45, 7) is 2.49. The van der Waals surface area contributed by atoms with Gasteiger partial charge in [0.05, 0.1) is 22.4 Å². The number of aromatic nitrogens is 1. The van der Waals surface area contributed by atoms with Crippen LogP contribution in [0.5, 0.6) is 5.75 Å². The van der Waals surface area contributed by atoms with E-state index in [1.807, 2.05) is 61.5 Å². The molecule has 4 aromatic carbocycles. The smallest absolute Gasteiger partial charge is 0.258 e. The average Bonchev–Trinajstić information content (AvgIpc) is 3.34. The van der Waals surface area contributed by atoms with Crippen LogP contribution >= 0.6 is 23.1 Å². The van der Waals surface area contributed by atoms with E-state index in [1.54, 1.807) is 24.3 Å². The second kappa shape index (κ2) is 12.1. The number of carbonyl (C=O) groups excluding carboxylic acids is 2. The third-order valence-electron chi connectivity index (χ3n) is 5.71. The van der Waals surface area contributed by atoms with Crippen molar-refractivity contribution in [3.8, 4) is 5.75 Å². The first-order valence-electron chi connectivity index (χ1n) is 12.2. The predicted octanol–water partition coefficient (Wildman–Crippen LogP) is 7.56. The van der Waals surface area contributed by atoms with Gasteiger partial charge in [-0.25, -0.2) is 9.37 Å². The SMILES string of the molecule is CCOc1ccc2nc(NC(=O)C(Sc3cccc(NC(=O)c4ccccc4F)c3)c3ccccc3)sc2c1. The lowest BCUT2D eigenvalue weighted by atomic mass is 10.1. The lowest BCUT2D eigenvalue weighted by molar-refractivity contribution is -0.115. The summed E-state index contributed by atoms with van der Waals surface area (Å²) in [7, 11) is 0. The molecule has 2 amide bonds. The minimum absolute atomic E-state index is 0.0405. The van der Waals surface area contributed by atoms with E-state index in [9.17, 15) is 14.0 Å². The molecule has 0 saturated carbocycles. The number of nitrogens with one attached hydrogen (secondary N) is 2.